The largest absolute Gasteiger partial charge is 0.360 e. The Labute approximate surface area is 140 Å². The number of halogens is 1. The van der Waals surface area contributed by atoms with E-state index in [4.69, 9.17) is 11.6 Å². The highest BCUT2D eigenvalue weighted by Gasteiger charge is 2.10. The maximum atomic E-state index is 12.2. The van der Waals surface area contributed by atoms with Gasteiger partial charge in [-0.05, 0) is 49.2 Å². The Bertz CT molecular complexity index is 806. The van der Waals surface area contributed by atoms with E-state index in [2.05, 4.69) is 10.6 Å². The minimum Gasteiger partial charge on any atom is -0.360 e. The Morgan fingerprint density at radius 3 is 2.65 bits per heavy atom. The smallest absolute Gasteiger partial charge is 0.267 e. The van der Waals surface area contributed by atoms with Crippen LogP contribution in [0, 0.1) is 25.2 Å². The van der Waals surface area contributed by atoms with Crippen LogP contribution in [0.1, 0.15) is 11.1 Å². The molecule has 0 bridgehead atoms. The summed E-state index contributed by atoms with van der Waals surface area (Å²) in [6.45, 7) is 3.79. The predicted molar refractivity (Wildman–Crippen MR) is 93.3 cm³/mol. The molecule has 2 rings (SSSR count). The monoisotopic (exact) mass is 325 g/mol. The molecule has 5 heteroatoms. The highest BCUT2D eigenvalue weighted by atomic mass is 35.5. The molecule has 0 aliphatic carbocycles. The molecule has 0 aromatic heterocycles. The number of aryl methyl sites for hydroxylation is 1. The van der Waals surface area contributed by atoms with Crippen molar-refractivity contribution < 1.29 is 4.79 Å². The Balaban J connectivity index is 2.14. The molecular weight excluding hydrogens is 310 g/mol. The number of nitrogens with one attached hydrogen (secondary N) is 2. The molecule has 0 saturated carbocycles. The number of nitriles is 1. The number of benzene rings is 2. The number of amides is 1. The van der Waals surface area contributed by atoms with Crippen molar-refractivity contribution in [2.75, 3.05) is 10.6 Å². The number of hydrogen-bond acceptors (Lipinski definition) is 3. The van der Waals surface area contributed by atoms with Crippen LogP contribution < -0.4 is 10.6 Å². The molecule has 4 nitrogen and oxygen atoms in total. The Kier molecular flexibility index (Phi) is 5.40. The first-order valence-corrected chi connectivity index (χ1v) is 7.39. The Hall–Kier alpha value is -2.77. The molecule has 0 aliphatic heterocycles. The third-order valence-electron chi connectivity index (χ3n) is 3.28. The molecule has 0 aliphatic rings. The molecule has 2 aromatic rings. The third-order valence-corrected chi connectivity index (χ3v) is 3.69. The second kappa shape index (κ2) is 7.48. The minimum atomic E-state index is -0.467. The van der Waals surface area contributed by atoms with Gasteiger partial charge in [0.1, 0.15) is 11.6 Å². The lowest BCUT2D eigenvalue weighted by Gasteiger charge is -2.08. The molecule has 0 fully saturated rings. The van der Waals surface area contributed by atoms with E-state index in [1.54, 1.807) is 18.2 Å². The van der Waals surface area contributed by atoms with E-state index < -0.39 is 5.91 Å². The zero-order valence-corrected chi connectivity index (χ0v) is 13.6. The summed E-state index contributed by atoms with van der Waals surface area (Å²) in [7, 11) is 0. The molecule has 116 valence electrons. The van der Waals surface area contributed by atoms with Crippen LogP contribution in [0.4, 0.5) is 11.4 Å². The highest BCUT2D eigenvalue weighted by Crippen LogP contribution is 2.23. The van der Waals surface area contributed by atoms with Gasteiger partial charge < -0.3 is 10.6 Å². The van der Waals surface area contributed by atoms with Crippen molar-refractivity contribution in [2.24, 2.45) is 0 Å². The van der Waals surface area contributed by atoms with Crippen LogP contribution >= 0.6 is 11.6 Å². The maximum Gasteiger partial charge on any atom is 0.267 e. The van der Waals surface area contributed by atoms with Crippen molar-refractivity contribution >= 4 is 28.9 Å². The molecule has 23 heavy (non-hydrogen) atoms. The first-order valence-electron chi connectivity index (χ1n) is 7.01. The van der Waals surface area contributed by atoms with E-state index in [9.17, 15) is 10.1 Å². The molecule has 2 N–H and O–H groups in total. The second-order valence-electron chi connectivity index (χ2n) is 5.05. The Morgan fingerprint density at radius 2 is 1.96 bits per heavy atom. The summed E-state index contributed by atoms with van der Waals surface area (Å²) in [6, 6.07) is 14.7. The van der Waals surface area contributed by atoms with Gasteiger partial charge in [0.05, 0.1) is 0 Å². The van der Waals surface area contributed by atoms with E-state index in [0.717, 1.165) is 16.8 Å². The number of rotatable bonds is 4. The summed E-state index contributed by atoms with van der Waals surface area (Å²) in [5.41, 5.74) is 3.24. The van der Waals surface area contributed by atoms with Gasteiger partial charge >= 0.3 is 0 Å². The lowest BCUT2D eigenvalue weighted by Crippen LogP contribution is -2.14. The lowest BCUT2D eigenvalue weighted by molar-refractivity contribution is -0.112. The van der Waals surface area contributed by atoms with Crippen molar-refractivity contribution in [1.29, 1.82) is 5.26 Å². The van der Waals surface area contributed by atoms with E-state index in [-0.39, 0.29) is 5.57 Å². The van der Waals surface area contributed by atoms with E-state index in [0.29, 0.717) is 10.7 Å². The van der Waals surface area contributed by atoms with Gasteiger partial charge in [-0.2, -0.15) is 5.26 Å². The van der Waals surface area contributed by atoms with Crippen molar-refractivity contribution in [2.45, 2.75) is 13.8 Å². The predicted octanol–water partition coefficient (Wildman–Crippen LogP) is 4.41. The molecule has 0 spiro atoms. The van der Waals surface area contributed by atoms with Crippen LogP contribution in [-0.2, 0) is 4.79 Å². The molecule has 0 atom stereocenters. The average Bonchev–Trinajstić information content (AvgIpc) is 2.52. The van der Waals surface area contributed by atoms with E-state index in [1.807, 2.05) is 44.2 Å². The number of carbonyl (C=O) groups is 1. The molecule has 1 amide bonds. The van der Waals surface area contributed by atoms with E-state index in [1.165, 1.54) is 6.20 Å². The fourth-order valence-electron chi connectivity index (χ4n) is 1.98. The van der Waals surface area contributed by atoms with Crippen LogP contribution in [-0.4, -0.2) is 5.91 Å². The topological polar surface area (TPSA) is 64.9 Å². The zero-order valence-electron chi connectivity index (χ0n) is 12.9. The fraction of sp³-hybridized carbons (Fsp3) is 0.111. The van der Waals surface area contributed by atoms with Crippen LogP contribution in [0.25, 0.3) is 0 Å². The molecule has 0 radical (unpaired) electrons. The first-order chi connectivity index (χ1) is 11.0. The average molecular weight is 326 g/mol. The molecular formula is C18H16ClN3O. The van der Waals surface area contributed by atoms with Gasteiger partial charge in [0, 0.05) is 22.6 Å². The fourth-order valence-corrected chi connectivity index (χ4v) is 2.16. The lowest BCUT2D eigenvalue weighted by atomic mass is 10.2. The van der Waals surface area contributed by atoms with Crippen LogP contribution in [0.15, 0.2) is 54.2 Å². The maximum absolute atomic E-state index is 12.2. The summed E-state index contributed by atoms with van der Waals surface area (Å²) in [5, 5.41) is 15.5. The van der Waals surface area contributed by atoms with Gasteiger partial charge in [-0.15, -0.1) is 0 Å². The van der Waals surface area contributed by atoms with Gasteiger partial charge in [0.25, 0.3) is 5.91 Å². The molecule has 0 unspecified atom stereocenters. The van der Waals surface area contributed by atoms with Gasteiger partial charge in [-0.1, -0.05) is 29.8 Å². The highest BCUT2D eigenvalue weighted by molar-refractivity contribution is 6.31. The van der Waals surface area contributed by atoms with Crippen molar-refractivity contribution in [3.8, 4) is 6.07 Å². The second-order valence-corrected chi connectivity index (χ2v) is 5.46. The standard InChI is InChI=1S/C18H16ClN3O/c1-12-5-3-6-15(9-12)22-18(23)14(10-20)11-21-17-8-4-7-16(19)13(17)2/h3-9,11,21H,1-2H3,(H,22,23)/b14-11-. The van der Waals surface area contributed by atoms with Gasteiger partial charge in [0.15, 0.2) is 0 Å². The number of carbonyl (C=O) groups excluding carboxylic acids is 1. The van der Waals surface area contributed by atoms with E-state index >= 15 is 0 Å². The first kappa shape index (κ1) is 16.6. The van der Waals surface area contributed by atoms with Gasteiger partial charge in [0.2, 0.25) is 0 Å². The van der Waals surface area contributed by atoms with Gasteiger partial charge in [-0.25, -0.2) is 0 Å². The molecule has 0 heterocycles. The normalized spacial score (nSPS) is 10.8. The van der Waals surface area contributed by atoms with Crippen LogP contribution in [0.3, 0.4) is 0 Å². The van der Waals surface area contributed by atoms with Crippen molar-refractivity contribution in [3.05, 3.63) is 70.4 Å². The quantitative estimate of drug-likeness (QED) is 0.646. The SMILES string of the molecule is Cc1cccc(NC(=O)/C(C#N)=C\Nc2cccc(Cl)c2C)c1. The summed E-state index contributed by atoms with van der Waals surface area (Å²) in [6.07, 6.45) is 1.38. The van der Waals surface area contributed by atoms with Crippen LogP contribution in [0.2, 0.25) is 5.02 Å². The number of hydrogen-bond donors (Lipinski definition) is 2. The molecule has 2 aromatic carbocycles. The zero-order chi connectivity index (χ0) is 16.8. The summed E-state index contributed by atoms with van der Waals surface area (Å²) < 4.78 is 0. The number of nitrogens with zero attached hydrogens (tertiary/aromatic N) is 1. The molecule has 0 saturated heterocycles. The summed E-state index contributed by atoms with van der Waals surface area (Å²) in [5.74, 6) is -0.467. The number of anilines is 2. The van der Waals surface area contributed by atoms with Crippen molar-refractivity contribution in [3.63, 3.8) is 0 Å². The third kappa shape index (κ3) is 4.35. The summed E-state index contributed by atoms with van der Waals surface area (Å²) in [4.78, 5) is 12.2. The Morgan fingerprint density at radius 1 is 1.22 bits per heavy atom. The van der Waals surface area contributed by atoms with Gasteiger partial charge in [-0.3, -0.25) is 4.79 Å². The summed E-state index contributed by atoms with van der Waals surface area (Å²) >= 11 is 6.04. The minimum absolute atomic E-state index is 0.0223. The van der Waals surface area contributed by atoms with Crippen LogP contribution in [0.5, 0.6) is 0 Å². The van der Waals surface area contributed by atoms with Crippen molar-refractivity contribution in [1.82, 2.24) is 0 Å².